The second-order valence-corrected chi connectivity index (χ2v) is 10.1. The minimum absolute atomic E-state index is 0.00202. The summed E-state index contributed by atoms with van der Waals surface area (Å²) < 4.78 is 2.01. The fourth-order valence-corrected chi connectivity index (χ4v) is 5.66. The molecule has 1 aromatic carbocycles. The third kappa shape index (κ3) is 4.20. The summed E-state index contributed by atoms with van der Waals surface area (Å²) in [6.45, 7) is 3.49. The molecule has 0 spiro atoms. The molecular weight excluding hydrogens is 484 g/mol. The zero-order chi connectivity index (χ0) is 23.9. The van der Waals surface area contributed by atoms with Crippen LogP contribution in [-0.4, -0.2) is 74.9 Å². The number of halogens is 1. The van der Waals surface area contributed by atoms with E-state index in [9.17, 15) is 9.59 Å². The number of piperazine rings is 1. The molecule has 0 N–H and O–H groups in total. The van der Waals surface area contributed by atoms with Crippen LogP contribution in [0.15, 0.2) is 60.4 Å². The topological polar surface area (TPSA) is 74.6 Å². The molecule has 178 valence electrons. The molecule has 8 nitrogen and oxygen atoms in total. The molecule has 5 heterocycles. The van der Waals surface area contributed by atoms with Gasteiger partial charge in [-0.25, -0.2) is 9.97 Å². The fourth-order valence-electron chi connectivity index (χ4n) is 4.95. The van der Waals surface area contributed by atoms with Gasteiger partial charge >= 0.3 is 0 Å². The molecule has 2 saturated heterocycles. The van der Waals surface area contributed by atoms with Crippen molar-refractivity contribution in [3.05, 3.63) is 70.4 Å². The van der Waals surface area contributed by atoms with E-state index in [2.05, 4.69) is 20.9 Å². The summed E-state index contributed by atoms with van der Waals surface area (Å²) >= 11 is 7.35. The number of rotatable bonds is 4. The van der Waals surface area contributed by atoms with Crippen molar-refractivity contribution in [2.45, 2.75) is 12.5 Å². The highest BCUT2D eigenvalue weighted by Gasteiger charge is 2.36. The van der Waals surface area contributed by atoms with Crippen LogP contribution >= 0.6 is 22.9 Å². The van der Waals surface area contributed by atoms with E-state index < -0.39 is 0 Å². The summed E-state index contributed by atoms with van der Waals surface area (Å²) in [6.07, 6.45) is 5.77. The molecule has 35 heavy (non-hydrogen) atoms. The van der Waals surface area contributed by atoms with Gasteiger partial charge in [0.05, 0.1) is 10.5 Å². The maximum atomic E-state index is 13.0. The van der Waals surface area contributed by atoms with Gasteiger partial charge in [0.1, 0.15) is 5.82 Å². The monoisotopic (exact) mass is 506 g/mol. The van der Waals surface area contributed by atoms with Crippen LogP contribution < -0.4 is 4.90 Å². The standard InChI is InChI=1S/C25H23ClN6O2S/c26-18-1-4-22(28-15-18)31-7-5-17-13-19(2-3-21(17)31)32-16-20(14-23(32)33)29-8-10-30(11-9-29)25(34)24-27-6-12-35-24/h1-7,12-13,15,20H,8-11,14,16H2. The van der Waals surface area contributed by atoms with E-state index in [0.29, 0.717) is 36.1 Å². The van der Waals surface area contributed by atoms with Crippen molar-refractivity contribution >= 4 is 51.3 Å². The number of carbonyl (C=O) groups excluding carboxylic acids is 2. The third-order valence-electron chi connectivity index (χ3n) is 6.78. The lowest BCUT2D eigenvalue weighted by atomic mass is 10.2. The largest absolute Gasteiger partial charge is 0.334 e. The molecule has 10 heteroatoms. The Morgan fingerprint density at radius 3 is 2.66 bits per heavy atom. The van der Waals surface area contributed by atoms with Crippen molar-refractivity contribution in [1.29, 1.82) is 0 Å². The first kappa shape index (κ1) is 22.2. The Bertz CT molecular complexity index is 1380. The lowest BCUT2D eigenvalue weighted by Gasteiger charge is -2.37. The van der Waals surface area contributed by atoms with Gasteiger partial charge in [0.2, 0.25) is 5.91 Å². The first-order chi connectivity index (χ1) is 17.1. The molecule has 2 aliphatic rings. The van der Waals surface area contributed by atoms with Crippen molar-refractivity contribution in [2.75, 3.05) is 37.6 Å². The van der Waals surface area contributed by atoms with E-state index in [1.54, 1.807) is 12.4 Å². The summed E-state index contributed by atoms with van der Waals surface area (Å²) in [4.78, 5) is 40.2. The lowest BCUT2D eigenvalue weighted by Crippen LogP contribution is -2.52. The molecule has 0 saturated carbocycles. The average molecular weight is 507 g/mol. The molecule has 1 unspecified atom stereocenters. The Hall–Kier alpha value is -3.27. The fraction of sp³-hybridized carbons (Fsp3) is 0.280. The Balaban J connectivity index is 1.14. The van der Waals surface area contributed by atoms with Crippen LogP contribution in [0.1, 0.15) is 16.2 Å². The molecule has 1 atom stereocenters. The maximum absolute atomic E-state index is 13.0. The number of thiazole rings is 1. The summed E-state index contributed by atoms with van der Waals surface area (Å²) in [7, 11) is 0. The third-order valence-corrected chi connectivity index (χ3v) is 7.77. The average Bonchev–Trinajstić information content (AvgIpc) is 3.64. The van der Waals surface area contributed by atoms with E-state index in [0.717, 1.165) is 35.5 Å². The Morgan fingerprint density at radius 2 is 1.91 bits per heavy atom. The van der Waals surface area contributed by atoms with Crippen molar-refractivity contribution in [3.8, 4) is 5.82 Å². The van der Waals surface area contributed by atoms with Crippen LogP contribution in [0.5, 0.6) is 0 Å². The zero-order valence-corrected chi connectivity index (χ0v) is 20.5. The summed E-state index contributed by atoms with van der Waals surface area (Å²) in [5.41, 5.74) is 1.93. The van der Waals surface area contributed by atoms with Gasteiger partial charge in [0.25, 0.3) is 5.91 Å². The van der Waals surface area contributed by atoms with Crippen molar-refractivity contribution in [3.63, 3.8) is 0 Å². The SMILES string of the molecule is O=C(c1nccs1)N1CCN(C2CC(=O)N(c3ccc4c(ccn4-c4ccc(Cl)cn4)c3)C2)CC1. The predicted molar refractivity (Wildman–Crippen MR) is 136 cm³/mol. The van der Waals surface area contributed by atoms with Crippen molar-refractivity contribution in [1.82, 2.24) is 24.3 Å². The number of anilines is 1. The van der Waals surface area contributed by atoms with Gasteiger partial charge in [-0.1, -0.05) is 11.6 Å². The van der Waals surface area contributed by atoms with Gasteiger partial charge < -0.3 is 14.4 Å². The minimum atomic E-state index is -0.00202. The number of nitrogens with zero attached hydrogens (tertiary/aromatic N) is 6. The van der Waals surface area contributed by atoms with Crippen molar-refractivity contribution < 1.29 is 9.59 Å². The first-order valence-electron chi connectivity index (χ1n) is 11.5. The van der Waals surface area contributed by atoms with E-state index >= 15 is 0 Å². The molecular formula is C25H23ClN6O2S. The number of aromatic nitrogens is 3. The van der Waals surface area contributed by atoms with Gasteiger partial charge in [-0.2, -0.15) is 0 Å². The Morgan fingerprint density at radius 1 is 1.06 bits per heavy atom. The second-order valence-electron chi connectivity index (χ2n) is 8.79. The number of benzene rings is 1. The molecule has 3 aromatic heterocycles. The van der Waals surface area contributed by atoms with E-state index in [4.69, 9.17) is 11.6 Å². The van der Waals surface area contributed by atoms with Gasteiger partial charge in [-0.05, 0) is 36.4 Å². The number of hydrogen-bond acceptors (Lipinski definition) is 6. The number of hydrogen-bond donors (Lipinski definition) is 0. The number of amides is 2. The second kappa shape index (κ2) is 9.07. The van der Waals surface area contributed by atoms with Gasteiger partial charge in [-0.15, -0.1) is 11.3 Å². The smallest absolute Gasteiger partial charge is 0.282 e. The Labute approximate surface area is 211 Å². The molecule has 0 aliphatic carbocycles. The maximum Gasteiger partial charge on any atom is 0.282 e. The molecule has 4 aromatic rings. The van der Waals surface area contributed by atoms with Gasteiger partial charge in [0.15, 0.2) is 5.01 Å². The van der Waals surface area contributed by atoms with E-state index in [1.807, 2.05) is 56.3 Å². The normalized spacial score (nSPS) is 19.1. The molecule has 6 rings (SSSR count). The minimum Gasteiger partial charge on any atom is -0.334 e. The summed E-state index contributed by atoms with van der Waals surface area (Å²) in [6, 6.07) is 12.0. The number of fused-ring (bicyclic) bond motifs is 1. The molecule has 0 bridgehead atoms. The predicted octanol–water partition coefficient (Wildman–Crippen LogP) is 3.70. The molecule has 2 aliphatic heterocycles. The summed E-state index contributed by atoms with van der Waals surface area (Å²) in [5.74, 6) is 0.925. The first-order valence-corrected chi connectivity index (χ1v) is 12.8. The van der Waals surface area contributed by atoms with Crippen molar-refractivity contribution in [2.24, 2.45) is 0 Å². The number of carbonyl (C=O) groups is 2. The van der Waals surface area contributed by atoms with Crippen LogP contribution in [0.4, 0.5) is 5.69 Å². The molecule has 2 amide bonds. The van der Waals surface area contributed by atoms with E-state index in [1.165, 1.54) is 11.3 Å². The van der Waals surface area contributed by atoms with Gasteiger partial charge in [-0.3, -0.25) is 14.5 Å². The lowest BCUT2D eigenvalue weighted by molar-refractivity contribution is -0.117. The van der Waals surface area contributed by atoms with Crippen LogP contribution in [0, 0.1) is 0 Å². The highest BCUT2D eigenvalue weighted by molar-refractivity contribution is 7.11. The molecule has 0 radical (unpaired) electrons. The highest BCUT2D eigenvalue weighted by atomic mass is 35.5. The highest BCUT2D eigenvalue weighted by Crippen LogP contribution is 2.29. The quantitative estimate of drug-likeness (QED) is 0.422. The van der Waals surface area contributed by atoms with Crippen LogP contribution in [-0.2, 0) is 4.79 Å². The van der Waals surface area contributed by atoms with Crippen LogP contribution in [0.3, 0.4) is 0 Å². The van der Waals surface area contributed by atoms with Crippen LogP contribution in [0.25, 0.3) is 16.7 Å². The van der Waals surface area contributed by atoms with Crippen LogP contribution in [0.2, 0.25) is 5.02 Å². The summed E-state index contributed by atoms with van der Waals surface area (Å²) in [5, 5.41) is 4.01. The van der Waals surface area contributed by atoms with Gasteiger partial charge in [0, 0.05) is 80.2 Å². The molecule has 2 fully saturated rings. The zero-order valence-electron chi connectivity index (χ0n) is 18.9. The Kier molecular flexibility index (Phi) is 5.75. The number of pyridine rings is 1. The van der Waals surface area contributed by atoms with E-state index in [-0.39, 0.29) is 17.9 Å².